The average molecular weight is 278 g/mol. The van der Waals surface area contributed by atoms with Crippen molar-refractivity contribution in [3.8, 4) is 0 Å². The van der Waals surface area contributed by atoms with Gasteiger partial charge in [-0.05, 0) is 55.5 Å². The summed E-state index contributed by atoms with van der Waals surface area (Å²) in [6.45, 7) is 8.59. The van der Waals surface area contributed by atoms with Crippen molar-refractivity contribution in [2.75, 3.05) is 0 Å². The summed E-state index contributed by atoms with van der Waals surface area (Å²) >= 11 is 0. The zero-order valence-electron chi connectivity index (χ0n) is 13.2. The second-order valence-electron chi connectivity index (χ2n) is 6.04. The molecule has 4 bridgehead atoms. The molecule has 0 aromatic heterocycles. The second kappa shape index (κ2) is 5.50. The van der Waals surface area contributed by atoms with Crippen molar-refractivity contribution in [2.24, 2.45) is 0 Å². The first-order valence-corrected chi connectivity index (χ1v) is 7.60. The molecule has 21 heavy (non-hydrogen) atoms. The van der Waals surface area contributed by atoms with Crippen LogP contribution in [0.3, 0.4) is 0 Å². The van der Waals surface area contributed by atoms with Crippen LogP contribution >= 0.6 is 0 Å². The zero-order chi connectivity index (χ0) is 15.0. The van der Waals surface area contributed by atoms with Crippen LogP contribution in [0.25, 0.3) is 5.57 Å². The maximum absolute atomic E-state index is 6.14. The molecule has 2 aromatic carbocycles. The maximum Gasteiger partial charge on any atom is 0.0805 e. The maximum atomic E-state index is 6.14. The number of benzene rings is 2. The van der Waals surface area contributed by atoms with Crippen LogP contribution in [0.4, 0.5) is 0 Å². The molecule has 6 rings (SSSR count). The van der Waals surface area contributed by atoms with Crippen molar-refractivity contribution in [3.05, 3.63) is 76.4 Å². The second-order valence-corrected chi connectivity index (χ2v) is 6.04. The minimum atomic E-state index is 0.100. The first-order valence-electron chi connectivity index (χ1n) is 7.60. The van der Waals surface area contributed by atoms with E-state index in [0.29, 0.717) is 0 Å². The molecule has 1 nitrogen and oxygen atoms in total. The number of hydrogen-bond donors (Lipinski definition) is 0. The van der Waals surface area contributed by atoms with Gasteiger partial charge in [-0.2, -0.15) is 0 Å². The molecule has 0 radical (unpaired) electrons. The van der Waals surface area contributed by atoms with Crippen LogP contribution in [0, 0.1) is 0 Å². The molecule has 108 valence electrons. The van der Waals surface area contributed by atoms with Gasteiger partial charge >= 0.3 is 0 Å². The van der Waals surface area contributed by atoms with Gasteiger partial charge in [0.2, 0.25) is 0 Å². The molecule has 0 saturated heterocycles. The Kier molecular flexibility index (Phi) is 3.69. The molecule has 2 atom stereocenters. The van der Waals surface area contributed by atoms with Gasteiger partial charge in [0.05, 0.1) is 12.2 Å². The van der Waals surface area contributed by atoms with Gasteiger partial charge in [-0.15, -0.1) is 0 Å². The monoisotopic (exact) mass is 278 g/mol. The number of rotatable bonds is 0. The van der Waals surface area contributed by atoms with E-state index in [1.807, 2.05) is 0 Å². The Morgan fingerprint density at radius 1 is 0.714 bits per heavy atom. The molecule has 0 spiro atoms. The fourth-order valence-corrected chi connectivity index (χ4v) is 3.05. The van der Waals surface area contributed by atoms with Crippen molar-refractivity contribution >= 4 is 5.57 Å². The smallest absolute Gasteiger partial charge is 0.0805 e. The Morgan fingerprint density at radius 3 is 1.43 bits per heavy atom. The van der Waals surface area contributed by atoms with Gasteiger partial charge in [0.1, 0.15) is 0 Å². The Balaban J connectivity index is 2.23. The van der Waals surface area contributed by atoms with Crippen molar-refractivity contribution in [3.63, 3.8) is 0 Å². The number of ether oxygens (including phenoxy) is 1. The highest BCUT2D eigenvalue weighted by Gasteiger charge is 2.16. The van der Waals surface area contributed by atoms with E-state index in [9.17, 15) is 0 Å². The summed E-state index contributed by atoms with van der Waals surface area (Å²) in [5, 5.41) is 0. The van der Waals surface area contributed by atoms with E-state index in [4.69, 9.17) is 4.74 Å². The predicted octanol–water partition coefficient (Wildman–Crippen LogP) is 5.68. The third-order valence-corrected chi connectivity index (χ3v) is 4.25. The summed E-state index contributed by atoms with van der Waals surface area (Å²) in [6, 6.07) is 17.6. The van der Waals surface area contributed by atoms with Crippen molar-refractivity contribution in [2.45, 2.75) is 39.9 Å². The van der Waals surface area contributed by atoms with E-state index in [1.165, 1.54) is 33.4 Å². The fraction of sp³-hybridized carbons (Fsp3) is 0.300. The van der Waals surface area contributed by atoms with Crippen LogP contribution in [0.5, 0.6) is 0 Å². The van der Waals surface area contributed by atoms with Crippen LogP contribution in [0.2, 0.25) is 0 Å². The van der Waals surface area contributed by atoms with Gasteiger partial charge in [0, 0.05) is 0 Å². The lowest BCUT2D eigenvalue weighted by Gasteiger charge is -2.22. The molecule has 4 aliphatic rings. The number of hydrogen-bond acceptors (Lipinski definition) is 1. The Bertz CT molecular complexity index is 604. The van der Waals surface area contributed by atoms with Crippen molar-refractivity contribution < 1.29 is 4.74 Å². The van der Waals surface area contributed by atoms with Crippen LogP contribution in [0.1, 0.15) is 62.2 Å². The third kappa shape index (κ3) is 2.66. The fourth-order valence-electron chi connectivity index (χ4n) is 3.05. The summed E-state index contributed by atoms with van der Waals surface area (Å²) < 4.78 is 6.14. The molecule has 0 amide bonds. The Morgan fingerprint density at radius 2 is 1.10 bits per heavy atom. The summed E-state index contributed by atoms with van der Waals surface area (Å²) in [5.74, 6) is 0. The highest BCUT2D eigenvalue weighted by atomic mass is 16.5. The zero-order valence-corrected chi connectivity index (χ0v) is 13.2. The lowest BCUT2D eigenvalue weighted by molar-refractivity contribution is 0.00585. The van der Waals surface area contributed by atoms with Gasteiger partial charge in [-0.1, -0.05) is 54.1 Å². The lowest BCUT2D eigenvalue weighted by Crippen LogP contribution is -2.06. The lowest BCUT2D eigenvalue weighted by atomic mass is 9.91. The Labute approximate surface area is 127 Å². The molecule has 1 heteroatoms. The molecule has 2 unspecified atom stereocenters. The summed E-state index contributed by atoms with van der Waals surface area (Å²) in [4.78, 5) is 0. The normalized spacial score (nSPS) is 21.0. The highest BCUT2D eigenvalue weighted by molar-refractivity contribution is 5.81. The summed E-state index contributed by atoms with van der Waals surface area (Å²) in [5.41, 5.74) is 7.67. The van der Waals surface area contributed by atoms with E-state index in [2.05, 4.69) is 76.2 Å². The molecule has 0 saturated carbocycles. The van der Waals surface area contributed by atoms with Gasteiger partial charge in [-0.25, -0.2) is 0 Å². The van der Waals surface area contributed by atoms with E-state index < -0.39 is 0 Å². The molecule has 4 heterocycles. The molecule has 4 aliphatic heterocycles. The molecule has 0 fully saturated rings. The van der Waals surface area contributed by atoms with E-state index in [-0.39, 0.29) is 12.2 Å². The van der Waals surface area contributed by atoms with Crippen LogP contribution in [-0.4, -0.2) is 0 Å². The van der Waals surface area contributed by atoms with Crippen molar-refractivity contribution in [1.29, 1.82) is 0 Å². The van der Waals surface area contributed by atoms with Crippen LogP contribution in [-0.2, 0) is 4.74 Å². The summed E-state index contributed by atoms with van der Waals surface area (Å²) in [6.07, 6.45) is 0.201. The van der Waals surface area contributed by atoms with Crippen molar-refractivity contribution in [1.82, 2.24) is 0 Å². The van der Waals surface area contributed by atoms with Gasteiger partial charge < -0.3 is 4.74 Å². The third-order valence-electron chi connectivity index (χ3n) is 4.25. The van der Waals surface area contributed by atoms with Gasteiger partial charge in [0.15, 0.2) is 0 Å². The average Bonchev–Trinajstić information content (AvgIpc) is 2.47. The quantitative estimate of drug-likeness (QED) is 0.602. The molecule has 0 N–H and O–H groups in total. The summed E-state index contributed by atoms with van der Waals surface area (Å²) in [7, 11) is 0. The van der Waals surface area contributed by atoms with Crippen LogP contribution < -0.4 is 0 Å². The van der Waals surface area contributed by atoms with E-state index >= 15 is 0 Å². The minimum absolute atomic E-state index is 0.100. The first-order chi connectivity index (χ1) is 10.1. The van der Waals surface area contributed by atoms with Gasteiger partial charge in [0.25, 0.3) is 0 Å². The Hall–Kier alpha value is -1.86. The minimum Gasteiger partial charge on any atom is -0.366 e. The standard InChI is InChI=1S/C20H22O/c1-13(2)20-18-9-5-16(6-10-18)14(3)21-15(4)17-7-11-19(20)12-8-17/h5-12,14-15H,1-4H3. The molecule has 2 aromatic rings. The highest BCUT2D eigenvalue weighted by Crippen LogP contribution is 2.33. The SMILES string of the molecule is CC(C)=C1c2ccc(cc2)C(C)OC(C)c2ccc1cc2. The topological polar surface area (TPSA) is 9.23 Å². The molecular formula is C20H22O. The first kappa shape index (κ1) is 14.1. The number of allylic oxidation sites excluding steroid dienone is 1. The predicted molar refractivity (Wildman–Crippen MR) is 88.2 cm³/mol. The van der Waals surface area contributed by atoms with E-state index in [1.54, 1.807) is 0 Å². The van der Waals surface area contributed by atoms with E-state index in [0.717, 1.165) is 0 Å². The molecular weight excluding hydrogens is 256 g/mol. The van der Waals surface area contributed by atoms with Crippen LogP contribution in [0.15, 0.2) is 54.1 Å². The largest absolute Gasteiger partial charge is 0.366 e. The van der Waals surface area contributed by atoms with Gasteiger partial charge in [-0.3, -0.25) is 0 Å². The molecule has 0 aliphatic carbocycles.